The summed E-state index contributed by atoms with van der Waals surface area (Å²) in [7, 11) is 6.03. The van der Waals surface area contributed by atoms with E-state index in [4.69, 9.17) is 0 Å². The number of rotatable bonds is 4. The minimum absolute atomic E-state index is 0.330. The van der Waals surface area contributed by atoms with Crippen LogP contribution in [0, 0.1) is 6.92 Å². The molecule has 0 aliphatic heterocycles. The van der Waals surface area contributed by atoms with Gasteiger partial charge >= 0.3 is 11.4 Å². The highest BCUT2D eigenvalue weighted by molar-refractivity contribution is 5.71. The molecule has 4 aromatic rings. The van der Waals surface area contributed by atoms with Gasteiger partial charge in [-0.1, -0.05) is 0 Å². The average Bonchev–Trinajstić information content (AvgIpc) is 3.29. The third kappa shape index (κ3) is 2.60. The van der Waals surface area contributed by atoms with E-state index in [1.54, 1.807) is 30.2 Å². The van der Waals surface area contributed by atoms with Gasteiger partial charge in [0.1, 0.15) is 5.82 Å². The van der Waals surface area contributed by atoms with Crippen LogP contribution in [0.15, 0.2) is 25.5 Å². The summed E-state index contributed by atoms with van der Waals surface area (Å²) in [4.78, 5) is 58.0. The molecule has 0 unspecified atom stereocenters. The number of hydrogen-bond donors (Lipinski definition) is 0. The summed E-state index contributed by atoms with van der Waals surface area (Å²) >= 11 is 0. The zero-order valence-corrected chi connectivity index (χ0v) is 17.4. The van der Waals surface area contributed by atoms with Crippen LogP contribution < -0.4 is 22.5 Å². The van der Waals surface area contributed by atoms with E-state index >= 15 is 0 Å². The monoisotopic (exact) mass is 414 g/mol. The average molecular weight is 414 g/mol. The van der Waals surface area contributed by atoms with Crippen molar-refractivity contribution in [2.24, 2.45) is 28.2 Å². The van der Waals surface area contributed by atoms with Crippen molar-refractivity contribution in [3.05, 3.63) is 53.8 Å². The molecule has 12 nitrogen and oxygen atoms in total. The molecule has 0 aliphatic rings. The lowest BCUT2D eigenvalue weighted by molar-refractivity contribution is 0.567. The fourth-order valence-corrected chi connectivity index (χ4v) is 3.79. The summed E-state index contributed by atoms with van der Waals surface area (Å²) in [5, 5.41) is 0. The molecule has 30 heavy (non-hydrogen) atoms. The molecule has 0 bridgehead atoms. The Bertz CT molecular complexity index is 1560. The van der Waals surface area contributed by atoms with Gasteiger partial charge in [-0.25, -0.2) is 19.6 Å². The molecule has 0 N–H and O–H groups in total. The zero-order chi connectivity index (χ0) is 21.9. The Morgan fingerprint density at radius 3 is 1.97 bits per heavy atom. The van der Waals surface area contributed by atoms with E-state index in [0.29, 0.717) is 47.7 Å². The van der Waals surface area contributed by atoms with Crippen molar-refractivity contribution in [2.75, 3.05) is 0 Å². The van der Waals surface area contributed by atoms with Gasteiger partial charge in [-0.3, -0.25) is 27.9 Å². The predicted octanol–water partition coefficient (Wildman–Crippen LogP) is -1.42. The zero-order valence-electron chi connectivity index (χ0n) is 17.4. The number of imidazole rings is 2. The lowest BCUT2D eigenvalue weighted by Gasteiger charge is -2.09. The Balaban J connectivity index is 1.71. The summed E-state index contributed by atoms with van der Waals surface area (Å²) in [6.45, 7) is 2.69. The Morgan fingerprint density at radius 1 is 0.767 bits per heavy atom. The third-order valence-electron chi connectivity index (χ3n) is 5.54. The highest BCUT2D eigenvalue weighted by Gasteiger charge is 2.18. The molecule has 0 amide bonds. The Hall–Kier alpha value is -3.70. The first-order valence-corrected chi connectivity index (χ1v) is 9.38. The van der Waals surface area contributed by atoms with E-state index in [9.17, 15) is 19.2 Å². The van der Waals surface area contributed by atoms with Gasteiger partial charge in [0.2, 0.25) is 0 Å². The van der Waals surface area contributed by atoms with Crippen LogP contribution in [0.5, 0.6) is 0 Å². The molecule has 0 atom stereocenters. The number of aryl methyl sites for hydroxylation is 5. The first kappa shape index (κ1) is 19.6. The molecule has 0 aliphatic carbocycles. The second-order valence-electron chi connectivity index (χ2n) is 7.36. The molecule has 0 aromatic carbocycles. The summed E-state index contributed by atoms with van der Waals surface area (Å²) in [6.07, 6.45) is 2.11. The minimum atomic E-state index is -0.431. The highest BCUT2D eigenvalue weighted by Crippen LogP contribution is 2.12. The second-order valence-corrected chi connectivity index (χ2v) is 7.36. The maximum atomic E-state index is 12.7. The largest absolute Gasteiger partial charge is 0.332 e. The van der Waals surface area contributed by atoms with E-state index in [1.807, 2.05) is 0 Å². The van der Waals surface area contributed by atoms with Gasteiger partial charge in [0.15, 0.2) is 22.3 Å². The fraction of sp³-hybridized carbons (Fsp3) is 0.444. The summed E-state index contributed by atoms with van der Waals surface area (Å²) in [6, 6.07) is 0. The van der Waals surface area contributed by atoms with Crippen LogP contribution >= 0.6 is 0 Å². The molecule has 0 saturated carbocycles. The third-order valence-corrected chi connectivity index (χ3v) is 5.54. The summed E-state index contributed by atoms with van der Waals surface area (Å²) in [5.41, 5.74) is -0.266. The standard InChI is InChI=1S/C18H22N8O4/c1-10-20-14-12(16(28)24(5)18(30)22(14)3)26(10)8-6-7-25-9-19-13-11(25)15(27)23(4)17(29)21(13)2/h9H,6-8H2,1-5H3. The lowest BCUT2D eigenvalue weighted by Crippen LogP contribution is -2.37. The number of aromatic nitrogens is 8. The van der Waals surface area contributed by atoms with E-state index < -0.39 is 22.5 Å². The first-order valence-electron chi connectivity index (χ1n) is 9.38. The smallest absolute Gasteiger partial charge is 0.325 e. The quantitative estimate of drug-likeness (QED) is 0.404. The molecule has 0 spiro atoms. The molecule has 4 heterocycles. The second kappa shape index (κ2) is 6.68. The van der Waals surface area contributed by atoms with Crippen LogP contribution in [0.1, 0.15) is 12.2 Å². The van der Waals surface area contributed by atoms with Crippen molar-refractivity contribution >= 4 is 22.3 Å². The van der Waals surface area contributed by atoms with Crippen molar-refractivity contribution < 1.29 is 0 Å². The van der Waals surface area contributed by atoms with E-state index in [1.165, 1.54) is 29.6 Å². The van der Waals surface area contributed by atoms with Crippen molar-refractivity contribution in [1.29, 1.82) is 0 Å². The Kier molecular flexibility index (Phi) is 4.36. The van der Waals surface area contributed by atoms with Gasteiger partial charge in [0, 0.05) is 41.3 Å². The number of fused-ring (bicyclic) bond motifs is 2. The number of hydrogen-bond acceptors (Lipinski definition) is 6. The van der Waals surface area contributed by atoms with Crippen LogP contribution in [0.4, 0.5) is 0 Å². The number of nitrogens with zero attached hydrogens (tertiary/aromatic N) is 8. The molecule has 0 fully saturated rings. The summed E-state index contributed by atoms with van der Waals surface area (Å²) in [5.74, 6) is 0.622. The van der Waals surface area contributed by atoms with Crippen molar-refractivity contribution in [2.45, 2.75) is 26.4 Å². The SMILES string of the molecule is Cc1nc2c(c(=O)n(C)c(=O)n2C)n1CCCn1cnc2c1c(=O)n(C)c(=O)n2C. The molecule has 0 radical (unpaired) electrons. The Labute approximate surface area is 168 Å². The first-order chi connectivity index (χ1) is 14.1. The van der Waals surface area contributed by atoms with Gasteiger partial charge in [-0.15, -0.1) is 0 Å². The minimum Gasteiger partial charge on any atom is -0.325 e. The van der Waals surface area contributed by atoms with E-state index in [0.717, 1.165) is 9.13 Å². The van der Waals surface area contributed by atoms with Crippen LogP contribution in [-0.2, 0) is 41.3 Å². The highest BCUT2D eigenvalue weighted by atomic mass is 16.2. The maximum absolute atomic E-state index is 12.7. The Morgan fingerprint density at radius 2 is 1.33 bits per heavy atom. The van der Waals surface area contributed by atoms with Gasteiger partial charge < -0.3 is 9.13 Å². The molecular weight excluding hydrogens is 392 g/mol. The molecule has 158 valence electrons. The van der Waals surface area contributed by atoms with Crippen LogP contribution in [-0.4, -0.2) is 37.4 Å². The van der Waals surface area contributed by atoms with Gasteiger partial charge in [-0.05, 0) is 13.3 Å². The normalized spacial score (nSPS) is 11.8. The van der Waals surface area contributed by atoms with Crippen molar-refractivity contribution in [3.63, 3.8) is 0 Å². The topological polar surface area (TPSA) is 124 Å². The van der Waals surface area contributed by atoms with Crippen molar-refractivity contribution in [3.8, 4) is 0 Å². The molecular formula is C18H22N8O4. The van der Waals surface area contributed by atoms with E-state index in [2.05, 4.69) is 9.97 Å². The fourth-order valence-electron chi connectivity index (χ4n) is 3.79. The van der Waals surface area contributed by atoms with Gasteiger partial charge in [0.25, 0.3) is 11.1 Å². The molecule has 0 saturated heterocycles. The van der Waals surface area contributed by atoms with E-state index in [-0.39, 0.29) is 0 Å². The van der Waals surface area contributed by atoms with Crippen LogP contribution in [0.25, 0.3) is 22.3 Å². The van der Waals surface area contributed by atoms with Gasteiger partial charge in [-0.2, -0.15) is 0 Å². The predicted molar refractivity (Wildman–Crippen MR) is 110 cm³/mol. The molecule has 4 rings (SSSR count). The maximum Gasteiger partial charge on any atom is 0.332 e. The van der Waals surface area contributed by atoms with Gasteiger partial charge in [0.05, 0.1) is 6.33 Å². The lowest BCUT2D eigenvalue weighted by atomic mass is 10.3. The van der Waals surface area contributed by atoms with Crippen LogP contribution in [0.2, 0.25) is 0 Å². The molecule has 4 aromatic heterocycles. The van der Waals surface area contributed by atoms with Crippen LogP contribution in [0.3, 0.4) is 0 Å². The van der Waals surface area contributed by atoms with Crippen molar-refractivity contribution in [1.82, 2.24) is 37.4 Å². The summed E-state index contributed by atoms with van der Waals surface area (Å²) < 4.78 is 8.30. The molecule has 12 heteroatoms.